The van der Waals surface area contributed by atoms with Gasteiger partial charge in [0.25, 0.3) is 0 Å². The molecule has 1 fully saturated rings. The Morgan fingerprint density at radius 3 is 2.77 bits per heavy atom. The van der Waals surface area contributed by atoms with Crippen LogP contribution in [0.3, 0.4) is 0 Å². The second-order valence-electron chi connectivity index (χ2n) is 10.4. The summed E-state index contributed by atoms with van der Waals surface area (Å²) in [5, 5.41) is 13.2. The fraction of sp³-hybridized carbons (Fsp3) is 0.290. The molecule has 39 heavy (non-hydrogen) atoms. The van der Waals surface area contributed by atoms with Crippen molar-refractivity contribution in [2.24, 2.45) is 5.73 Å². The maximum absolute atomic E-state index is 15.6. The Balaban J connectivity index is 1.24. The quantitative estimate of drug-likeness (QED) is 0.351. The van der Waals surface area contributed by atoms with Gasteiger partial charge in [0.2, 0.25) is 0 Å². The first-order valence-corrected chi connectivity index (χ1v) is 13.4. The molecule has 7 nitrogen and oxygen atoms in total. The van der Waals surface area contributed by atoms with E-state index in [0.29, 0.717) is 43.1 Å². The highest BCUT2D eigenvalue weighted by atomic mass is 19.1. The first-order chi connectivity index (χ1) is 19.0. The Bertz CT molecular complexity index is 1520. The van der Waals surface area contributed by atoms with Crippen LogP contribution in [0.4, 0.5) is 4.39 Å². The van der Waals surface area contributed by atoms with Crippen molar-refractivity contribution in [2.45, 2.75) is 44.6 Å². The van der Waals surface area contributed by atoms with Crippen molar-refractivity contribution in [3.05, 3.63) is 107 Å². The fourth-order valence-corrected chi connectivity index (χ4v) is 5.75. The summed E-state index contributed by atoms with van der Waals surface area (Å²) in [6, 6.07) is 20.5. The first-order valence-electron chi connectivity index (χ1n) is 13.4. The molecule has 0 radical (unpaired) electrons. The molecule has 2 aliphatic heterocycles. The van der Waals surface area contributed by atoms with Crippen molar-refractivity contribution < 1.29 is 14.3 Å². The number of hydrogen-bond acceptors (Lipinski definition) is 6. The number of imidazole rings is 1. The van der Waals surface area contributed by atoms with Crippen molar-refractivity contribution in [3.8, 4) is 16.8 Å². The van der Waals surface area contributed by atoms with Gasteiger partial charge in [-0.05, 0) is 46.9 Å². The van der Waals surface area contributed by atoms with Crippen LogP contribution >= 0.6 is 0 Å². The Kier molecular flexibility index (Phi) is 7.10. The lowest BCUT2D eigenvalue weighted by molar-refractivity contribution is 0.0966. The van der Waals surface area contributed by atoms with Gasteiger partial charge in [-0.3, -0.25) is 14.3 Å². The smallest absolute Gasteiger partial charge is 0.183 e. The Labute approximate surface area is 227 Å². The Hall–Kier alpha value is -3.69. The number of Topliss-reactive ketones (excluding diaryl/α,β-unsaturated/α-hetero) is 1. The zero-order chi connectivity index (χ0) is 26.9. The molecule has 200 valence electrons. The molecule has 0 bridgehead atoms. The highest BCUT2D eigenvalue weighted by Gasteiger charge is 2.29. The third-order valence-corrected chi connectivity index (χ3v) is 7.78. The lowest BCUT2D eigenvalue weighted by atomic mass is 9.95. The molecule has 2 atom stereocenters. The predicted octanol–water partition coefficient (Wildman–Crippen LogP) is 4.12. The molecule has 1 unspecified atom stereocenters. The number of nitrogens with two attached hydrogens (primary N) is 1. The number of nitrogens with zero attached hydrogens (tertiary/aromatic N) is 3. The molecule has 0 aliphatic carbocycles. The summed E-state index contributed by atoms with van der Waals surface area (Å²) in [5.74, 6) is -0.431. The van der Waals surface area contributed by atoms with E-state index in [2.05, 4.69) is 21.3 Å². The number of carbonyl (C=O) groups is 1. The number of fused-ring (bicyclic) bond motifs is 1. The van der Waals surface area contributed by atoms with E-state index in [1.807, 2.05) is 48.5 Å². The summed E-state index contributed by atoms with van der Waals surface area (Å²) < 4.78 is 17.4. The van der Waals surface area contributed by atoms with Crippen molar-refractivity contribution in [1.29, 1.82) is 0 Å². The topological polar surface area (TPSA) is 96.4 Å². The molecule has 4 N–H and O–H groups in total. The lowest BCUT2D eigenvalue weighted by Gasteiger charge is -2.19. The van der Waals surface area contributed by atoms with Crippen molar-refractivity contribution in [3.63, 3.8) is 0 Å². The number of rotatable bonds is 6. The highest BCUT2D eigenvalue weighted by Crippen LogP contribution is 2.32. The van der Waals surface area contributed by atoms with Crippen LogP contribution < -0.4 is 11.1 Å². The van der Waals surface area contributed by atoms with Gasteiger partial charge in [-0.2, -0.15) is 0 Å². The molecular weight excluding hydrogens is 493 g/mol. The second-order valence-corrected chi connectivity index (χ2v) is 10.4. The molecule has 4 aromatic rings. The minimum Gasteiger partial charge on any atom is -0.392 e. The summed E-state index contributed by atoms with van der Waals surface area (Å²) in [6.07, 6.45) is 2.28. The van der Waals surface area contributed by atoms with Gasteiger partial charge in [-0.25, -0.2) is 9.37 Å². The number of benzene rings is 3. The second kappa shape index (κ2) is 10.8. The number of carbonyl (C=O) groups excluding carboxylic acids is 1. The average Bonchev–Trinajstić information content (AvgIpc) is 3.53. The zero-order valence-electron chi connectivity index (χ0n) is 21.7. The van der Waals surface area contributed by atoms with Gasteiger partial charge in [0.1, 0.15) is 17.8 Å². The van der Waals surface area contributed by atoms with Crippen LogP contribution in [0.5, 0.6) is 0 Å². The molecule has 1 saturated heterocycles. The number of hydrogen-bond donors (Lipinski definition) is 3. The first kappa shape index (κ1) is 25.6. The number of halogens is 1. The number of ketones is 1. The zero-order valence-corrected chi connectivity index (χ0v) is 21.7. The van der Waals surface area contributed by atoms with Gasteiger partial charge in [-0.15, -0.1) is 0 Å². The predicted molar refractivity (Wildman–Crippen MR) is 148 cm³/mol. The summed E-state index contributed by atoms with van der Waals surface area (Å²) in [5.41, 5.74) is 12.1. The molecular formula is C31H32FN5O2. The number of aromatic nitrogens is 2. The van der Waals surface area contributed by atoms with Crippen LogP contribution in [-0.4, -0.2) is 44.5 Å². The van der Waals surface area contributed by atoms with E-state index in [0.717, 1.165) is 40.9 Å². The van der Waals surface area contributed by atoms with Crippen LogP contribution in [0.2, 0.25) is 0 Å². The molecule has 8 heteroatoms. The molecule has 6 rings (SSSR count). The van der Waals surface area contributed by atoms with Crippen molar-refractivity contribution >= 4 is 5.78 Å². The number of nitrogens with one attached hydrogen (secondary N) is 1. The summed E-state index contributed by atoms with van der Waals surface area (Å²) >= 11 is 0. The Morgan fingerprint density at radius 1 is 1.10 bits per heavy atom. The van der Waals surface area contributed by atoms with Crippen LogP contribution in [-0.2, 0) is 19.6 Å². The van der Waals surface area contributed by atoms with Crippen LogP contribution in [0.1, 0.15) is 51.8 Å². The van der Waals surface area contributed by atoms with Crippen molar-refractivity contribution in [2.75, 3.05) is 13.1 Å². The minimum atomic E-state index is -0.467. The normalized spacial score (nSPS) is 19.7. The maximum Gasteiger partial charge on any atom is 0.183 e. The summed E-state index contributed by atoms with van der Waals surface area (Å²) in [7, 11) is 0. The summed E-state index contributed by atoms with van der Waals surface area (Å²) in [4.78, 5) is 20.2. The maximum atomic E-state index is 15.6. The van der Waals surface area contributed by atoms with Crippen LogP contribution in [0.25, 0.3) is 16.8 Å². The van der Waals surface area contributed by atoms with E-state index in [1.165, 1.54) is 0 Å². The van der Waals surface area contributed by atoms with Gasteiger partial charge < -0.3 is 16.2 Å². The number of aliphatic hydroxyl groups is 1. The van der Waals surface area contributed by atoms with E-state index in [4.69, 9.17) is 5.73 Å². The average molecular weight is 526 g/mol. The van der Waals surface area contributed by atoms with Gasteiger partial charge in [0.15, 0.2) is 5.78 Å². The molecule has 3 aromatic carbocycles. The Morgan fingerprint density at radius 2 is 1.97 bits per heavy atom. The molecule has 2 aliphatic rings. The van der Waals surface area contributed by atoms with Crippen LogP contribution in [0.15, 0.2) is 73.1 Å². The lowest BCUT2D eigenvalue weighted by Crippen LogP contribution is -2.22. The van der Waals surface area contributed by atoms with E-state index < -0.39 is 6.04 Å². The van der Waals surface area contributed by atoms with Gasteiger partial charge in [0, 0.05) is 56.4 Å². The monoisotopic (exact) mass is 525 g/mol. The fourth-order valence-electron chi connectivity index (χ4n) is 5.75. The number of aliphatic hydroxyl groups excluding tert-OH is 1. The standard InChI is InChI=1S/C31H32FN5O2/c32-27-13-21(25-7-2-1-5-22(25)17-36-11-10-24(38)18-36)8-9-26(27)28-14-30(39)31-29(16-34-28)35-19-37(31)23-6-3-4-20(12-23)15-33/h1-9,12-13,19,24,28,34,38H,10-11,14-18,33H2/t24-,28?/m0/s1. The van der Waals surface area contributed by atoms with E-state index in [9.17, 15) is 9.90 Å². The van der Waals surface area contributed by atoms with Crippen LogP contribution in [0, 0.1) is 5.82 Å². The highest BCUT2D eigenvalue weighted by molar-refractivity contribution is 5.97. The van der Waals surface area contributed by atoms with E-state index in [1.54, 1.807) is 23.0 Å². The van der Waals surface area contributed by atoms with E-state index >= 15 is 4.39 Å². The number of β-amino-alcohol motifs (C(OH)–C–C–N with tert-alkyl or cyclic N) is 1. The van der Waals surface area contributed by atoms with E-state index in [-0.39, 0.29) is 24.1 Å². The number of likely N-dealkylation sites (tertiary alicyclic amines) is 1. The molecule has 0 amide bonds. The molecule has 0 saturated carbocycles. The molecule has 1 aromatic heterocycles. The third-order valence-electron chi connectivity index (χ3n) is 7.78. The third kappa shape index (κ3) is 5.16. The SMILES string of the molecule is NCc1cccc(-n2cnc3c2C(=O)CC(c2ccc(-c4ccccc4CN4CC[C@H](O)C4)cc2F)NC3)c1. The van der Waals surface area contributed by atoms with Gasteiger partial charge in [0.05, 0.1) is 11.8 Å². The van der Waals surface area contributed by atoms with Crippen molar-refractivity contribution in [1.82, 2.24) is 19.8 Å². The largest absolute Gasteiger partial charge is 0.392 e. The minimum absolute atomic E-state index is 0.0859. The molecule has 0 spiro atoms. The summed E-state index contributed by atoms with van der Waals surface area (Å²) in [6.45, 7) is 2.98. The van der Waals surface area contributed by atoms with Gasteiger partial charge in [-0.1, -0.05) is 48.5 Å². The molecule has 3 heterocycles. The van der Waals surface area contributed by atoms with Gasteiger partial charge >= 0.3 is 0 Å².